The van der Waals surface area contributed by atoms with Gasteiger partial charge in [0, 0.05) is 12.1 Å². The molecule has 0 unspecified atom stereocenters. The molecule has 0 saturated heterocycles. The fraction of sp³-hybridized carbons (Fsp3) is 0.769. The summed E-state index contributed by atoms with van der Waals surface area (Å²) in [5.74, 6) is 0.00589. The number of nitrogens with one attached hydrogen (secondary N) is 2. The van der Waals surface area contributed by atoms with Crippen LogP contribution in [0.25, 0.3) is 0 Å². The Labute approximate surface area is 118 Å². The van der Waals surface area contributed by atoms with Crippen LogP contribution in [-0.4, -0.2) is 34.6 Å². The van der Waals surface area contributed by atoms with E-state index >= 15 is 0 Å². The van der Waals surface area contributed by atoms with E-state index in [0.717, 1.165) is 44.2 Å². The molecule has 1 aromatic heterocycles. The Bertz CT molecular complexity index is 413. The maximum absolute atomic E-state index is 12.2. The summed E-state index contributed by atoms with van der Waals surface area (Å²) in [6.07, 6.45) is 6.16. The molecule has 1 aliphatic carbocycles. The Balaban J connectivity index is 1.89. The molecule has 1 heterocycles. The van der Waals surface area contributed by atoms with Crippen LogP contribution in [0.5, 0.6) is 0 Å². The molecule has 6 heteroatoms. The summed E-state index contributed by atoms with van der Waals surface area (Å²) in [5.41, 5.74) is 0.842. The highest BCUT2D eigenvalue weighted by atomic mass is 32.1. The van der Waals surface area contributed by atoms with Crippen LogP contribution in [0.4, 0.5) is 0 Å². The van der Waals surface area contributed by atoms with Gasteiger partial charge in [-0.2, -0.15) is 0 Å². The number of carbonyl (C=O) groups excluding carboxylic acids is 1. The lowest BCUT2D eigenvalue weighted by Gasteiger charge is -2.28. The van der Waals surface area contributed by atoms with E-state index in [0.29, 0.717) is 17.0 Å². The lowest BCUT2D eigenvalue weighted by Crippen LogP contribution is -2.41. The van der Waals surface area contributed by atoms with E-state index in [1.165, 1.54) is 11.5 Å². The van der Waals surface area contributed by atoms with E-state index in [9.17, 15) is 4.79 Å². The summed E-state index contributed by atoms with van der Waals surface area (Å²) in [5, 5.41) is 10.5. The average molecular weight is 282 g/mol. The fourth-order valence-corrected chi connectivity index (χ4v) is 3.17. The van der Waals surface area contributed by atoms with Gasteiger partial charge in [0.25, 0.3) is 5.91 Å². The van der Waals surface area contributed by atoms with Crippen molar-refractivity contribution in [2.45, 2.75) is 57.5 Å². The zero-order chi connectivity index (χ0) is 13.7. The molecule has 1 fully saturated rings. The van der Waals surface area contributed by atoms with Gasteiger partial charge in [-0.3, -0.25) is 4.79 Å². The largest absolute Gasteiger partial charge is 0.349 e. The number of hydrogen-bond donors (Lipinski definition) is 2. The van der Waals surface area contributed by atoms with Crippen molar-refractivity contribution in [2.24, 2.45) is 0 Å². The molecule has 0 aliphatic heterocycles. The first-order chi connectivity index (χ1) is 9.24. The number of aromatic nitrogens is 2. The molecule has 1 aliphatic rings. The van der Waals surface area contributed by atoms with E-state index in [1.54, 1.807) is 0 Å². The summed E-state index contributed by atoms with van der Waals surface area (Å²) < 4.78 is 3.90. The van der Waals surface area contributed by atoms with Crippen molar-refractivity contribution in [1.82, 2.24) is 20.2 Å². The summed E-state index contributed by atoms with van der Waals surface area (Å²) in [6.45, 7) is 2.08. The third-order valence-corrected chi connectivity index (χ3v) is 4.49. The van der Waals surface area contributed by atoms with Crippen molar-refractivity contribution >= 4 is 17.4 Å². The topological polar surface area (TPSA) is 66.9 Å². The standard InChI is InChI=1S/C13H22N4OS/c1-3-4-11-12(19-17-16-11)13(18)15-10-7-5-9(14-2)6-8-10/h9-10,14H,3-8H2,1-2H3,(H,15,18). The Kier molecular flexibility index (Phi) is 5.27. The van der Waals surface area contributed by atoms with Crippen molar-refractivity contribution in [1.29, 1.82) is 0 Å². The Hall–Kier alpha value is -1.01. The predicted molar refractivity (Wildman–Crippen MR) is 76.5 cm³/mol. The van der Waals surface area contributed by atoms with Gasteiger partial charge in [0.2, 0.25) is 0 Å². The van der Waals surface area contributed by atoms with Gasteiger partial charge in [0.1, 0.15) is 4.88 Å². The molecule has 0 spiro atoms. The van der Waals surface area contributed by atoms with Crippen LogP contribution in [0.1, 0.15) is 54.4 Å². The van der Waals surface area contributed by atoms with Crippen molar-refractivity contribution in [3.63, 3.8) is 0 Å². The van der Waals surface area contributed by atoms with Crippen molar-refractivity contribution in [3.05, 3.63) is 10.6 Å². The summed E-state index contributed by atoms with van der Waals surface area (Å²) in [4.78, 5) is 12.9. The quantitative estimate of drug-likeness (QED) is 0.863. The lowest BCUT2D eigenvalue weighted by atomic mass is 9.91. The molecule has 0 aromatic carbocycles. The zero-order valence-corrected chi connectivity index (χ0v) is 12.4. The smallest absolute Gasteiger partial charge is 0.265 e. The highest BCUT2D eigenvalue weighted by molar-refractivity contribution is 7.08. The van der Waals surface area contributed by atoms with Crippen LogP contribution in [0.3, 0.4) is 0 Å². The number of carbonyl (C=O) groups is 1. The van der Waals surface area contributed by atoms with Crippen LogP contribution < -0.4 is 10.6 Å². The van der Waals surface area contributed by atoms with Gasteiger partial charge < -0.3 is 10.6 Å². The van der Waals surface area contributed by atoms with Crippen molar-refractivity contribution < 1.29 is 4.79 Å². The number of hydrogen-bond acceptors (Lipinski definition) is 5. The average Bonchev–Trinajstić information content (AvgIpc) is 2.88. The lowest BCUT2D eigenvalue weighted by molar-refractivity contribution is 0.0927. The summed E-state index contributed by atoms with van der Waals surface area (Å²) in [7, 11) is 2.00. The van der Waals surface area contributed by atoms with Crippen molar-refractivity contribution in [3.8, 4) is 0 Å². The van der Waals surface area contributed by atoms with Gasteiger partial charge in [-0.1, -0.05) is 17.8 Å². The molecule has 0 bridgehead atoms. The minimum absolute atomic E-state index is 0.00589. The van der Waals surface area contributed by atoms with Gasteiger partial charge in [0.05, 0.1) is 5.69 Å². The molecule has 1 saturated carbocycles. The maximum atomic E-state index is 12.2. The fourth-order valence-electron chi connectivity index (χ4n) is 2.56. The molecule has 0 radical (unpaired) electrons. The number of rotatable bonds is 5. The highest BCUT2D eigenvalue weighted by Gasteiger charge is 2.23. The van der Waals surface area contributed by atoms with E-state index in [-0.39, 0.29) is 5.91 Å². The van der Waals surface area contributed by atoms with Crippen LogP contribution in [0.2, 0.25) is 0 Å². The normalized spacial score (nSPS) is 23.3. The molecule has 19 heavy (non-hydrogen) atoms. The molecule has 106 valence electrons. The maximum Gasteiger partial charge on any atom is 0.265 e. The SMILES string of the molecule is CCCc1nnsc1C(=O)NC1CCC(NC)CC1. The number of aryl methyl sites for hydroxylation is 1. The molecular weight excluding hydrogens is 260 g/mol. The first kappa shape index (κ1) is 14.4. The van der Waals surface area contributed by atoms with Crippen LogP contribution in [0, 0.1) is 0 Å². The monoisotopic (exact) mass is 282 g/mol. The van der Waals surface area contributed by atoms with Gasteiger partial charge in [0.15, 0.2) is 0 Å². The van der Waals surface area contributed by atoms with Crippen LogP contribution in [-0.2, 0) is 6.42 Å². The van der Waals surface area contributed by atoms with Crippen LogP contribution >= 0.6 is 11.5 Å². The first-order valence-electron chi connectivity index (χ1n) is 7.04. The Morgan fingerprint density at radius 2 is 2.00 bits per heavy atom. The van der Waals surface area contributed by atoms with Crippen LogP contribution in [0.15, 0.2) is 0 Å². The van der Waals surface area contributed by atoms with Crippen molar-refractivity contribution in [2.75, 3.05) is 7.05 Å². The molecular formula is C13H22N4OS. The molecule has 0 atom stereocenters. The second kappa shape index (κ2) is 6.96. The molecule has 1 aromatic rings. The zero-order valence-electron chi connectivity index (χ0n) is 11.6. The minimum atomic E-state index is 0.00589. The van der Waals surface area contributed by atoms with E-state index < -0.39 is 0 Å². The van der Waals surface area contributed by atoms with E-state index in [4.69, 9.17) is 0 Å². The minimum Gasteiger partial charge on any atom is -0.349 e. The van der Waals surface area contributed by atoms with E-state index in [2.05, 4.69) is 27.1 Å². The second-order valence-corrected chi connectivity index (χ2v) is 5.86. The van der Waals surface area contributed by atoms with Gasteiger partial charge in [-0.15, -0.1) is 5.10 Å². The third-order valence-electron chi connectivity index (χ3n) is 3.72. The van der Waals surface area contributed by atoms with Gasteiger partial charge in [-0.05, 0) is 50.7 Å². The van der Waals surface area contributed by atoms with E-state index in [1.807, 2.05) is 7.05 Å². The first-order valence-corrected chi connectivity index (χ1v) is 7.81. The Morgan fingerprint density at radius 1 is 1.32 bits per heavy atom. The summed E-state index contributed by atoms with van der Waals surface area (Å²) >= 11 is 1.21. The number of amides is 1. The van der Waals surface area contributed by atoms with Gasteiger partial charge >= 0.3 is 0 Å². The molecule has 2 rings (SSSR count). The Morgan fingerprint density at radius 3 is 2.63 bits per heavy atom. The molecule has 2 N–H and O–H groups in total. The number of nitrogens with zero attached hydrogens (tertiary/aromatic N) is 2. The predicted octanol–water partition coefficient (Wildman–Crippen LogP) is 1.75. The van der Waals surface area contributed by atoms with Gasteiger partial charge in [-0.25, -0.2) is 0 Å². The molecule has 5 nitrogen and oxygen atoms in total. The second-order valence-electron chi connectivity index (χ2n) is 5.11. The summed E-state index contributed by atoms with van der Waals surface area (Å²) in [6, 6.07) is 0.905. The highest BCUT2D eigenvalue weighted by Crippen LogP contribution is 2.20. The molecule has 1 amide bonds. The third kappa shape index (κ3) is 3.73.